The van der Waals surface area contributed by atoms with Gasteiger partial charge in [-0.3, -0.25) is 4.79 Å². The lowest BCUT2D eigenvalue weighted by atomic mass is 9.66. The van der Waals surface area contributed by atoms with E-state index in [1.165, 1.54) is 0 Å². The van der Waals surface area contributed by atoms with Gasteiger partial charge in [0.05, 0.1) is 12.0 Å². The molecular weight excluding hydrogens is 176 g/mol. The molecular formula is C12H22O2. The van der Waals surface area contributed by atoms with Crippen LogP contribution < -0.4 is 0 Å². The van der Waals surface area contributed by atoms with E-state index >= 15 is 0 Å². The Kier molecular flexibility index (Phi) is 3.71. The molecule has 0 aliphatic heterocycles. The van der Waals surface area contributed by atoms with Gasteiger partial charge in [-0.2, -0.15) is 0 Å². The predicted molar refractivity (Wildman–Crippen MR) is 57.0 cm³/mol. The molecule has 82 valence electrons. The number of carbonyl (C=O) groups excluding carboxylic acids is 1. The number of aliphatic hydroxyl groups is 1. The van der Waals surface area contributed by atoms with Gasteiger partial charge in [-0.05, 0) is 44.4 Å². The second kappa shape index (κ2) is 4.43. The van der Waals surface area contributed by atoms with Crippen molar-refractivity contribution in [2.24, 2.45) is 17.3 Å². The van der Waals surface area contributed by atoms with Crippen LogP contribution in [0.3, 0.4) is 0 Å². The van der Waals surface area contributed by atoms with Crippen molar-refractivity contribution in [1.29, 1.82) is 0 Å². The fraction of sp³-hybridized carbons (Fsp3) is 0.917. The molecule has 0 aromatic heterocycles. The van der Waals surface area contributed by atoms with Crippen LogP contribution >= 0.6 is 0 Å². The van der Waals surface area contributed by atoms with Gasteiger partial charge in [0, 0.05) is 0 Å². The molecule has 1 aliphatic rings. The van der Waals surface area contributed by atoms with E-state index in [-0.39, 0.29) is 12.4 Å². The van der Waals surface area contributed by atoms with Crippen LogP contribution in [-0.2, 0) is 4.79 Å². The molecule has 1 fully saturated rings. The molecule has 1 aliphatic carbocycles. The highest BCUT2D eigenvalue weighted by Gasteiger charge is 2.39. The summed E-state index contributed by atoms with van der Waals surface area (Å²) in [7, 11) is 0. The molecule has 2 nitrogen and oxygen atoms in total. The Bertz CT molecular complexity index is 200. The molecule has 0 heterocycles. The topological polar surface area (TPSA) is 37.3 Å². The van der Waals surface area contributed by atoms with Crippen LogP contribution in [0.2, 0.25) is 0 Å². The highest BCUT2D eigenvalue weighted by molar-refractivity contribution is 5.82. The molecule has 0 unspecified atom stereocenters. The second-order valence-corrected chi connectivity index (χ2v) is 5.08. The van der Waals surface area contributed by atoms with Gasteiger partial charge < -0.3 is 5.11 Å². The van der Waals surface area contributed by atoms with Crippen molar-refractivity contribution < 1.29 is 9.90 Å². The van der Waals surface area contributed by atoms with E-state index in [9.17, 15) is 9.90 Å². The van der Waals surface area contributed by atoms with Gasteiger partial charge in [-0.15, -0.1) is 0 Å². The molecule has 0 aromatic carbocycles. The van der Waals surface area contributed by atoms with Gasteiger partial charge >= 0.3 is 0 Å². The molecule has 0 amide bonds. The summed E-state index contributed by atoms with van der Waals surface area (Å²) in [4.78, 5) is 11.5. The van der Waals surface area contributed by atoms with Crippen LogP contribution in [0.15, 0.2) is 0 Å². The van der Waals surface area contributed by atoms with E-state index in [4.69, 9.17) is 0 Å². The van der Waals surface area contributed by atoms with Crippen molar-refractivity contribution in [3.8, 4) is 0 Å². The van der Waals surface area contributed by atoms with Crippen LogP contribution in [0.25, 0.3) is 0 Å². The number of ketones is 1. The molecule has 0 radical (unpaired) electrons. The monoisotopic (exact) mass is 198 g/mol. The van der Waals surface area contributed by atoms with Crippen molar-refractivity contribution in [3.63, 3.8) is 0 Å². The highest BCUT2D eigenvalue weighted by Crippen LogP contribution is 2.41. The van der Waals surface area contributed by atoms with E-state index in [0.717, 1.165) is 31.6 Å². The normalized spacial score (nSPS) is 33.4. The van der Waals surface area contributed by atoms with Crippen LogP contribution in [0.1, 0.15) is 46.5 Å². The first-order chi connectivity index (χ1) is 6.52. The standard InChI is InChI=1S/C12H22O2/c1-9(2)11-4-6-12(8-13,7-5-11)10(3)14/h9,11,13H,4-8H2,1-3H3. The molecule has 2 heteroatoms. The Balaban J connectivity index is 2.59. The average Bonchev–Trinajstić information content (AvgIpc) is 2.17. The van der Waals surface area contributed by atoms with Crippen molar-refractivity contribution >= 4 is 5.78 Å². The van der Waals surface area contributed by atoms with Gasteiger partial charge in [0.1, 0.15) is 5.78 Å². The lowest BCUT2D eigenvalue weighted by Crippen LogP contribution is -2.38. The van der Waals surface area contributed by atoms with Crippen LogP contribution in [0.5, 0.6) is 0 Å². The van der Waals surface area contributed by atoms with Gasteiger partial charge in [0.25, 0.3) is 0 Å². The molecule has 0 aromatic rings. The molecule has 1 saturated carbocycles. The summed E-state index contributed by atoms with van der Waals surface area (Å²) in [5, 5.41) is 9.32. The molecule has 1 rings (SSSR count). The van der Waals surface area contributed by atoms with Gasteiger partial charge in [0.15, 0.2) is 0 Å². The Morgan fingerprint density at radius 3 is 2.21 bits per heavy atom. The SMILES string of the molecule is CC(=O)C1(CO)CCC(C(C)C)CC1. The molecule has 1 N–H and O–H groups in total. The lowest BCUT2D eigenvalue weighted by Gasteiger charge is -2.38. The Labute approximate surface area is 86.7 Å². The number of Topliss-reactive ketones (excluding diaryl/α,β-unsaturated/α-hetero) is 1. The van der Waals surface area contributed by atoms with E-state index < -0.39 is 5.41 Å². The van der Waals surface area contributed by atoms with E-state index in [1.807, 2.05) is 0 Å². The van der Waals surface area contributed by atoms with Crippen LogP contribution in [0.4, 0.5) is 0 Å². The van der Waals surface area contributed by atoms with Crippen molar-refractivity contribution in [1.82, 2.24) is 0 Å². The third-order valence-corrected chi connectivity index (χ3v) is 3.98. The third kappa shape index (κ3) is 2.17. The summed E-state index contributed by atoms with van der Waals surface area (Å²) < 4.78 is 0. The van der Waals surface area contributed by atoms with Crippen molar-refractivity contribution in [3.05, 3.63) is 0 Å². The van der Waals surface area contributed by atoms with Crippen molar-refractivity contribution in [2.75, 3.05) is 6.61 Å². The molecule has 0 atom stereocenters. The van der Waals surface area contributed by atoms with E-state index in [2.05, 4.69) is 13.8 Å². The summed E-state index contributed by atoms with van der Waals surface area (Å²) in [6.07, 6.45) is 3.94. The quantitative estimate of drug-likeness (QED) is 0.756. The first-order valence-corrected chi connectivity index (χ1v) is 5.64. The minimum absolute atomic E-state index is 0.0349. The zero-order valence-corrected chi connectivity index (χ0v) is 9.55. The summed E-state index contributed by atoms with van der Waals surface area (Å²) >= 11 is 0. The lowest BCUT2D eigenvalue weighted by molar-refractivity contribution is -0.132. The number of carbonyl (C=O) groups is 1. The van der Waals surface area contributed by atoms with Crippen LogP contribution in [-0.4, -0.2) is 17.5 Å². The number of rotatable bonds is 3. The molecule has 0 bridgehead atoms. The second-order valence-electron chi connectivity index (χ2n) is 5.08. The Morgan fingerprint density at radius 2 is 1.93 bits per heavy atom. The fourth-order valence-corrected chi connectivity index (χ4v) is 2.48. The average molecular weight is 198 g/mol. The molecule has 0 spiro atoms. The van der Waals surface area contributed by atoms with E-state index in [1.54, 1.807) is 6.92 Å². The number of aliphatic hydroxyl groups excluding tert-OH is 1. The summed E-state index contributed by atoms with van der Waals surface area (Å²) in [6.45, 7) is 6.13. The number of hydrogen-bond acceptors (Lipinski definition) is 2. The Morgan fingerprint density at radius 1 is 1.43 bits per heavy atom. The van der Waals surface area contributed by atoms with Crippen molar-refractivity contribution in [2.45, 2.75) is 46.5 Å². The van der Waals surface area contributed by atoms with Gasteiger partial charge in [0.2, 0.25) is 0 Å². The summed E-state index contributed by atoms with van der Waals surface area (Å²) in [6, 6.07) is 0. The maximum absolute atomic E-state index is 11.5. The zero-order valence-electron chi connectivity index (χ0n) is 9.55. The fourth-order valence-electron chi connectivity index (χ4n) is 2.48. The maximum atomic E-state index is 11.5. The smallest absolute Gasteiger partial charge is 0.138 e. The predicted octanol–water partition coefficient (Wildman–Crippen LogP) is 2.40. The zero-order chi connectivity index (χ0) is 10.8. The van der Waals surface area contributed by atoms with Crippen LogP contribution in [0, 0.1) is 17.3 Å². The Hall–Kier alpha value is -0.370. The largest absolute Gasteiger partial charge is 0.395 e. The summed E-state index contributed by atoms with van der Waals surface area (Å²) in [5.74, 6) is 1.62. The van der Waals surface area contributed by atoms with E-state index in [0.29, 0.717) is 5.92 Å². The highest BCUT2D eigenvalue weighted by atomic mass is 16.3. The molecule has 0 saturated heterocycles. The third-order valence-electron chi connectivity index (χ3n) is 3.98. The maximum Gasteiger partial charge on any atom is 0.138 e. The van der Waals surface area contributed by atoms with Gasteiger partial charge in [-0.25, -0.2) is 0 Å². The minimum Gasteiger partial charge on any atom is -0.395 e. The van der Waals surface area contributed by atoms with Gasteiger partial charge in [-0.1, -0.05) is 13.8 Å². The first-order valence-electron chi connectivity index (χ1n) is 5.64. The first kappa shape index (κ1) is 11.7. The molecule has 14 heavy (non-hydrogen) atoms. The number of hydrogen-bond donors (Lipinski definition) is 1. The summed E-state index contributed by atoms with van der Waals surface area (Å²) in [5.41, 5.74) is -0.397. The minimum atomic E-state index is -0.397.